The summed E-state index contributed by atoms with van der Waals surface area (Å²) in [5.74, 6) is -0.334. The van der Waals surface area contributed by atoms with Crippen molar-refractivity contribution < 1.29 is 4.39 Å². The fourth-order valence-corrected chi connectivity index (χ4v) is 1.62. The van der Waals surface area contributed by atoms with Gasteiger partial charge in [0.15, 0.2) is 0 Å². The molecule has 2 aromatic rings. The highest BCUT2D eigenvalue weighted by Crippen LogP contribution is 2.26. The molecular formula is C11H9BrFN3. The van der Waals surface area contributed by atoms with Crippen LogP contribution in [0.5, 0.6) is 0 Å². The molecule has 0 radical (unpaired) electrons. The zero-order valence-corrected chi connectivity index (χ0v) is 9.83. The van der Waals surface area contributed by atoms with Crippen molar-refractivity contribution in [3.8, 4) is 0 Å². The summed E-state index contributed by atoms with van der Waals surface area (Å²) in [5, 5.41) is 2.91. The lowest BCUT2D eigenvalue weighted by Crippen LogP contribution is -1.98. The smallest absolute Gasteiger partial charge is 0.146 e. The van der Waals surface area contributed by atoms with E-state index >= 15 is 0 Å². The highest BCUT2D eigenvalue weighted by atomic mass is 79.9. The number of pyridine rings is 1. The van der Waals surface area contributed by atoms with E-state index < -0.39 is 0 Å². The molecule has 0 aliphatic heterocycles. The van der Waals surface area contributed by atoms with Gasteiger partial charge in [0.2, 0.25) is 0 Å². The first kappa shape index (κ1) is 10.9. The number of nitrogens with zero attached hydrogens (tertiary/aromatic N) is 1. The first-order valence-corrected chi connectivity index (χ1v) is 5.37. The molecule has 0 unspecified atom stereocenters. The van der Waals surface area contributed by atoms with Crippen LogP contribution >= 0.6 is 15.9 Å². The molecule has 0 bridgehead atoms. The molecule has 16 heavy (non-hydrogen) atoms. The van der Waals surface area contributed by atoms with Crippen molar-refractivity contribution >= 4 is 33.0 Å². The van der Waals surface area contributed by atoms with Gasteiger partial charge in [0.05, 0.1) is 23.3 Å². The molecule has 1 heterocycles. The van der Waals surface area contributed by atoms with Gasteiger partial charge in [0.25, 0.3) is 0 Å². The van der Waals surface area contributed by atoms with Gasteiger partial charge in [-0.15, -0.1) is 0 Å². The molecule has 0 fully saturated rings. The number of halogens is 2. The third kappa shape index (κ3) is 2.30. The minimum atomic E-state index is -0.334. The maximum Gasteiger partial charge on any atom is 0.146 e. The number of aromatic nitrogens is 1. The first-order chi connectivity index (χ1) is 7.66. The third-order valence-corrected chi connectivity index (χ3v) is 2.54. The average molecular weight is 282 g/mol. The summed E-state index contributed by atoms with van der Waals surface area (Å²) in [7, 11) is 0. The second-order valence-electron chi connectivity index (χ2n) is 3.21. The number of nitrogens with two attached hydrogens (primary N) is 1. The fraction of sp³-hybridized carbons (Fsp3) is 0. The number of hydrogen-bond donors (Lipinski definition) is 2. The Hall–Kier alpha value is -1.62. The number of nitrogen functional groups attached to an aromatic ring is 1. The Bertz CT molecular complexity index is 516. The summed E-state index contributed by atoms with van der Waals surface area (Å²) in [5.41, 5.74) is 7.17. The Labute approximate surface area is 101 Å². The van der Waals surface area contributed by atoms with Gasteiger partial charge in [-0.05, 0) is 24.3 Å². The van der Waals surface area contributed by atoms with Crippen LogP contribution in [0.3, 0.4) is 0 Å². The lowest BCUT2D eigenvalue weighted by Gasteiger charge is -2.09. The van der Waals surface area contributed by atoms with Gasteiger partial charge in [0, 0.05) is 10.7 Å². The molecule has 0 aliphatic rings. The summed E-state index contributed by atoms with van der Waals surface area (Å²) in [4.78, 5) is 3.86. The number of nitrogens with one attached hydrogen (secondary N) is 1. The lowest BCUT2D eigenvalue weighted by molar-refractivity contribution is 0.631. The Morgan fingerprint density at radius 1 is 1.25 bits per heavy atom. The van der Waals surface area contributed by atoms with Crippen molar-refractivity contribution in [1.82, 2.24) is 4.98 Å². The molecule has 0 saturated heterocycles. The highest BCUT2D eigenvalue weighted by Gasteiger charge is 2.04. The summed E-state index contributed by atoms with van der Waals surface area (Å²) < 4.78 is 14.2. The standard InChI is InChI=1S/C11H9BrFN3/c12-7-1-2-8(13)11(5-7)16-10-3-4-15-6-9(10)14/h1-6H,14H2,(H,15,16). The van der Waals surface area contributed by atoms with Crippen LogP contribution in [0.25, 0.3) is 0 Å². The third-order valence-electron chi connectivity index (χ3n) is 2.05. The second-order valence-corrected chi connectivity index (χ2v) is 4.13. The van der Waals surface area contributed by atoms with Crippen LogP contribution in [0.4, 0.5) is 21.5 Å². The summed E-state index contributed by atoms with van der Waals surface area (Å²) in [6, 6.07) is 6.35. The van der Waals surface area contributed by atoms with Gasteiger partial charge in [-0.2, -0.15) is 0 Å². The maximum atomic E-state index is 13.4. The van der Waals surface area contributed by atoms with Crippen molar-refractivity contribution in [3.05, 3.63) is 46.9 Å². The van der Waals surface area contributed by atoms with E-state index in [4.69, 9.17) is 5.73 Å². The SMILES string of the molecule is Nc1cnccc1Nc1cc(Br)ccc1F. The van der Waals surface area contributed by atoms with E-state index in [-0.39, 0.29) is 5.82 Å². The van der Waals surface area contributed by atoms with Crippen LogP contribution < -0.4 is 11.1 Å². The van der Waals surface area contributed by atoms with Crippen molar-refractivity contribution in [3.63, 3.8) is 0 Å². The number of benzene rings is 1. The normalized spacial score (nSPS) is 10.1. The van der Waals surface area contributed by atoms with Gasteiger partial charge in [0.1, 0.15) is 5.82 Å². The topological polar surface area (TPSA) is 50.9 Å². The maximum absolute atomic E-state index is 13.4. The molecular weight excluding hydrogens is 273 g/mol. The largest absolute Gasteiger partial charge is 0.396 e. The fourth-order valence-electron chi connectivity index (χ4n) is 1.26. The van der Waals surface area contributed by atoms with E-state index in [1.807, 2.05) is 0 Å². The zero-order valence-electron chi connectivity index (χ0n) is 8.24. The quantitative estimate of drug-likeness (QED) is 0.888. The highest BCUT2D eigenvalue weighted by molar-refractivity contribution is 9.10. The molecule has 5 heteroatoms. The monoisotopic (exact) mass is 281 g/mol. The van der Waals surface area contributed by atoms with E-state index in [9.17, 15) is 4.39 Å². The number of anilines is 3. The summed E-state index contributed by atoms with van der Waals surface area (Å²) in [6.07, 6.45) is 3.10. The van der Waals surface area contributed by atoms with E-state index in [0.717, 1.165) is 4.47 Å². The molecule has 2 rings (SSSR count). The Morgan fingerprint density at radius 3 is 2.81 bits per heavy atom. The minimum Gasteiger partial charge on any atom is -0.396 e. The van der Waals surface area contributed by atoms with Crippen LogP contribution in [0.1, 0.15) is 0 Å². The van der Waals surface area contributed by atoms with Gasteiger partial charge in [-0.25, -0.2) is 4.39 Å². The predicted molar refractivity (Wildman–Crippen MR) is 66.0 cm³/mol. The number of hydrogen-bond acceptors (Lipinski definition) is 3. The Kier molecular flexibility index (Phi) is 3.05. The molecule has 82 valence electrons. The zero-order chi connectivity index (χ0) is 11.5. The molecule has 0 spiro atoms. The summed E-state index contributed by atoms with van der Waals surface area (Å²) in [6.45, 7) is 0. The van der Waals surface area contributed by atoms with Crippen molar-refractivity contribution in [2.24, 2.45) is 0 Å². The van der Waals surface area contributed by atoms with Gasteiger partial charge in [-0.3, -0.25) is 4.98 Å². The van der Waals surface area contributed by atoms with Crippen LogP contribution in [-0.4, -0.2) is 4.98 Å². The predicted octanol–water partition coefficient (Wildman–Crippen LogP) is 3.31. The van der Waals surface area contributed by atoms with Gasteiger partial charge < -0.3 is 11.1 Å². The van der Waals surface area contributed by atoms with Crippen LogP contribution in [0, 0.1) is 5.82 Å². The molecule has 1 aromatic heterocycles. The van der Waals surface area contributed by atoms with Crippen LogP contribution in [0.15, 0.2) is 41.1 Å². The van der Waals surface area contributed by atoms with E-state index in [1.54, 1.807) is 24.4 Å². The van der Waals surface area contributed by atoms with Crippen LogP contribution in [-0.2, 0) is 0 Å². The van der Waals surface area contributed by atoms with Gasteiger partial charge >= 0.3 is 0 Å². The van der Waals surface area contributed by atoms with Gasteiger partial charge in [-0.1, -0.05) is 15.9 Å². The molecule has 1 aromatic carbocycles. The molecule has 0 atom stereocenters. The van der Waals surface area contributed by atoms with Crippen molar-refractivity contribution in [2.75, 3.05) is 11.1 Å². The number of rotatable bonds is 2. The van der Waals surface area contributed by atoms with E-state index in [2.05, 4.69) is 26.2 Å². The first-order valence-electron chi connectivity index (χ1n) is 4.58. The van der Waals surface area contributed by atoms with Crippen LogP contribution in [0.2, 0.25) is 0 Å². The Morgan fingerprint density at radius 2 is 2.06 bits per heavy atom. The molecule has 0 amide bonds. The molecule has 3 nitrogen and oxygen atoms in total. The van der Waals surface area contributed by atoms with Crippen molar-refractivity contribution in [1.29, 1.82) is 0 Å². The second kappa shape index (κ2) is 4.49. The Balaban J connectivity index is 2.34. The molecule has 0 aliphatic carbocycles. The molecule has 0 saturated carbocycles. The van der Waals surface area contributed by atoms with E-state index in [0.29, 0.717) is 17.1 Å². The average Bonchev–Trinajstić information content (AvgIpc) is 2.27. The van der Waals surface area contributed by atoms with E-state index in [1.165, 1.54) is 12.3 Å². The summed E-state index contributed by atoms with van der Waals surface area (Å²) >= 11 is 3.28. The minimum absolute atomic E-state index is 0.334. The molecule has 3 N–H and O–H groups in total. The lowest BCUT2D eigenvalue weighted by atomic mass is 10.2. The van der Waals surface area contributed by atoms with Crippen molar-refractivity contribution in [2.45, 2.75) is 0 Å².